The van der Waals surface area contributed by atoms with E-state index in [0.29, 0.717) is 0 Å². The summed E-state index contributed by atoms with van der Waals surface area (Å²) in [6.07, 6.45) is 23.1. The molecule has 0 heterocycles. The number of aliphatic carboxylic acids is 1. The summed E-state index contributed by atoms with van der Waals surface area (Å²) in [7, 11) is 0. The molecule has 0 aliphatic carbocycles. The Hall–Kier alpha value is 0.546. The molecule has 146 valence electrons. The van der Waals surface area contributed by atoms with Crippen LogP contribution in [0, 0.1) is 0 Å². The zero-order valence-electron chi connectivity index (χ0n) is 17.7. The molecule has 0 N–H and O–H groups in total. The van der Waals surface area contributed by atoms with Crippen molar-refractivity contribution in [2.24, 2.45) is 0 Å². The molecule has 26 heavy (non-hydrogen) atoms. The molecule has 0 rings (SSSR count). The van der Waals surface area contributed by atoms with Crippen molar-refractivity contribution in [2.75, 3.05) is 19.6 Å². The Morgan fingerprint density at radius 1 is 0.731 bits per heavy atom. The van der Waals surface area contributed by atoms with Gasteiger partial charge in [-0.3, -0.25) is 4.90 Å². The molecule has 0 bridgehead atoms. The molecule has 0 atom stereocenters. The van der Waals surface area contributed by atoms with Gasteiger partial charge in [-0.05, 0) is 64.5 Å². The van der Waals surface area contributed by atoms with Crippen LogP contribution < -0.4 is 56.5 Å². The Kier molecular flexibility index (Phi) is 26.1. The molecule has 0 fully saturated rings. The first-order valence-electron chi connectivity index (χ1n) is 10.4. The third-order valence-electron chi connectivity index (χ3n) is 4.35. The minimum atomic E-state index is -0.950. The van der Waals surface area contributed by atoms with Crippen molar-refractivity contribution in [3.05, 3.63) is 24.3 Å². The normalized spacial score (nSPS) is 11.5. The van der Waals surface area contributed by atoms with E-state index in [2.05, 4.69) is 43.1 Å². The van der Waals surface area contributed by atoms with Gasteiger partial charge in [0.15, 0.2) is 0 Å². The maximum atomic E-state index is 10.9. The molecule has 3 nitrogen and oxygen atoms in total. The zero-order valence-corrected chi connectivity index (χ0v) is 20.8. The van der Waals surface area contributed by atoms with Crippen LogP contribution in [-0.4, -0.2) is 30.5 Å². The summed E-state index contributed by atoms with van der Waals surface area (Å²) >= 11 is 0. The summed E-state index contributed by atoms with van der Waals surface area (Å²) in [5, 5.41) is 10.9. The first-order valence-corrected chi connectivity index (χ1v) is 10.4. The summed E-state index contributed by atoms with van der Waals surface area (Å²) < 4.78 is 0. The van der Waals surface area contributed by atoms with Gasteiger partial charge in [0.25, 0.3) is 0 Å². The minimum Gasteiger partial charge on any atom is -0.549 e. The van der Waals surface area contributed by atoms with Crippen LogP contribution in [0.1, 0.15) is 90.9 Å². The fraction of sp³-hybridized carbons (Fsp3) is 0.773. The van der Waals surface area contributed by atoms with Crippen molar-refractivity contribution < 1.29 is 61.3 Å². The van der Waals surface area contributed by atoms with Gasteiger partial charge in [-0.15, -0.1) is 0 Å². The largest absolute Gasteiger partial charge is 1.00 e. The van der Waals surface area contributed by atoms with Gasteiger partial charge in [-0.1, -0.05) is 63.8 Å². The van der Waals surface area contributed by atoms with Crippen LogP contribution in [0.15, 0.2) is 24.3 Å². The van der Waals surface area contributed by atoms with Gasteiger partial charge in [0, 0.05) is 6.54 Å². The number of unbranched alkanes of at least 4 members (excludes halogenated alkanes) is 8. The van der Waals surface area contributed by atoms with E-state index in [1.807, 2.05) is 0 Å². The Labute approximate surface area is 205 Å². The average molecular weight is 390 g/mol. The van der Waals surface area contributed by atoms with Crippen LogP contribution in [0.3, 0.4) is 0 Å². The molecule has 0 radical (unpaired) electrons. The second kappa shape index (κ2) is 23.6. The van der Waals surface area contributed by atoms with E-state index < -0.39 is 5.97 Å². The second-order valence-electron chi connectivity index (χ2n) is 6.81. The van der Waals surface area contributed by atoms with Gasteiger partial charge in [0.05, 0.1) is 5.97 Å². The molecular weight excluding hydrogens is 349 g/mol. The number of rotatable bonds is 18. The maximum Gasteiger partial charge on any atom is 1.00 e. The van der Waals surface area contributed by atoms with E-state index in [1.165, 1.54) is 51.4 Å². The number of allylic oxidation sites excluding steroid dienone is 4. The van der Waals surface area contributed by atoms with E-state index in [9.17, 15) is 9.90 Å². The second-order valence-corrected chi connectivity index (χ2v) is 6.81. The van der Waals surface area contributed by atoms with Gasteiger partial charge < -0.3 is 9.90 Å². The van der Waals surface area contributed by atoms with Gasteiger partial charge >= 0.3 is 51.4 Å². The molecule has 0 aromatic rings. The van der Waals surface area contributed by atoms with Crippen LogP contribution in [0.4, 0.5) is 0 Å². The summed E-state index contributed by atoms with van der Waals surface area (Å²) in [6, 6.07) is 0. The SMILES string of the molecule is CC/C=C/CCCCCCN(CCCCCC/C=C/CC)CC(=O)[O-].[K+]. The summed E-state index contributed by atoms with van der Waals surface area (Å²) in [6.45, 7) is 6.17. The van der Waals surface area contributed by atoms with Crippen molar-refractivity contribution in [1.29, 1.82) is 0 Å². The zero-order chi connectivity index (χ0) is 18.6. The van der Waals surface area contributed by atoms with Crippen LogP contribution in [0.2, 0.25) is 0 Å². The third-order valence-corrected chi connectivity index (χ3v) is 4.35. The molecular formula is C22H40KNO2. The molecule has 0 aromatic heterocycles. The Morgan fingerprint density at radius 2 is 1.15 bits per heavy atom. The van der Waals surface area contributed by atoms with E-state index in [-0.39, 0.29) is 57.9 Å². The van der Waals surface area contributed by atoms with E-state index in [4.69, 9.17) is 0 Å². The number of carboxylic acids is 1. The summed E-state index contributed by atoms with van der Waals surface area (Å²) in [5.41, 5.74) is 0. The fourth-order valence-electron chi connectivity index (χ4n) is 2.92. The number of carbonyl (C=O) groups is 1. The standard InChI is InChI=1S/C22H41NO2.K/c1-3-5-7-9-11-13-15-17-19-23(21-22(24)25)20-18-16-14-12-10-8-6-4-2;/h5-8H,3-4,9-21H2,1-2H3,(H,24,25);/q;+1/p-1/b7-5+,8-6+;. The Balaban J connectivity index is 0. The molecule has 0 aliphatic heterocycles. The molecule has 0 saturated heterocycles. The van der Waals surface area contributed by atoms with Crippen molar-refractivity contribution in [2.45, 2.75) is 90.9 Å². The van der Waals surface area contributed by atoms with Crippen LogP contribution in [-0.2, 0) is 4.79 Å². The third kappa shape index (κ3) is 22.6. The molecule has 0 saturated carbocycles. The van der Waals surface area contributed by atoms with Crippen LogP contribution in [0.5, 0.6) is 0 Å². The monoisotopic (exact) mass is 389 g/mol. The molecule has 4 heteroatoms. The fourth-order valence-corrected chi connectivity index (χ4v) is 2.92. The quantitative estimate of drug-likeness (QED) is 0.204. The molecule has 0 aliphatic rings. The van der Waals surface area contributed by atoms with Gasteiger partial charge in [-0.2, -0.15) is 0 Å². The van der Waals surface area contributed by atoms with Crippen molar-refractivity contribution in [3.8, 4) is 0 Å². The average Bonchev–Trinajstić information content (AvgIpc) is 2.58. The van der Waals surface area contributed by atoms with Gasteiger partial charge in [-0.25, -0.2) is 0 Å². The molecule has 0 unspecified atom stereocenters. The van der Waals surface area contributed by atoms with E-state index in [1.54, 1.807) is 0 Å². The molecule has 0 amide bonds. The van der Waals surface area contributed by atoms with E-state index in [0.717, 1.165) is 38.8 Å². The van der Waals surface area contributed by atoms with Gasteiger partial charge in [0.2, 0.25) is 0 Å². The van der Waals surface area contributed by atoms with Crippen molar-refractivity contribution >= 4 is 5.97 Å². The number of hydrogen-bond donors (Lipinski definition) is 0. The Morgan fingerprint density at radius 3 is 1.54 bits per heavy atom. The predicted octanol–water partition coefficient (Wildman–Crippen LogP) is 1.88. The maximum absolute atomic E-state index is 10.9. The number of hydrogen-bond acceptors (Lipinski definition) is 3. The molecule has 0 aromatic carbocycles. The topological polar surface area (TPSA) is 43.4 Å². The number of carbonyl (C=O) groups excluding carboxylic acids is 1. The Bertz CT molecular complexity index is 330. The minimum absolute atomic E-state index is 0. The van der Waals surface area contributed by atoms with Gasteiger partial charge in [0.1, 0.15) is 0 Å². The van der Waals surface area contributed by atoms with Crippen LogP contribution in [0.25, 0.3) is 0 Å². The van der Waals surface area contributed by atoms with Crippen LogP contribution >= 0.6 is 0 Å². The first kappa shape index (κ1) is 28.8. The predicted molar refractivity (Wildman–Crippen MR) is 106 cm³/mol. The molecule has 0 spiro atoms. The summed E-state index contributed by atoms with van der Waals surface area (Å²) in [5.74, 6) is -0.950. The summed E-state index contributed by atoms with van der Waals surface area (Å²) in [4.78, 5) is 13.0. The first-order chi connectivity index (χ1) is 12.2. The van der Waals surface area contributed by atoms with Crippen molar-refractivity contribution in [3.63, 3.8) is 0 Å². The smallest absolute Gasteiger partial charge is 0.549 e. The van der Waals surface area contributed by atoms with Crippen molar-refractivity contribution in [1.82, 2.24) is 4.90 Å². The number of carboxylic acid groups (broad SMARTS) is 1. The number of nitrogens with zero attached hydrogens (tertiary/aromatic N) is 1. The van der Waals surface area contributed by atoms with E-state index >= 15 is 0 Å².